The summed E-state index contributed by atoms with van der Waals surface area (Å²) < 4.78 is 3.02. The zero-order valence-corrected chi connectivity index (χ0v) is 13.4. The van der Waals surface area contributed by atoms with Crippen molar-refractivity contribution in [3.63, 3.8) is 0 Å². The molecule has 0 saturated heterocycles. The van der Waals surface area contributed by atoms with Gasteiger partial charge in [0.1, 0.15) is 0 Å². The van der Waals surface area contributed by atoms with E-state index in [1.165, 1.54) is 83.5 Å². The van der Waals surface area contributed by atoms with Crippen LogP contribution in [-0.4, -0.2) is 6.54 Å². The highest BCUT2D eigenvalue weighted by Gasteiger charge is 1.93. The summed E-state index contributed by atoms with van der Waals surface area (Å²) in [4.78, 5) is 0. The summed E-state index contributed by atoms with van der Waals surface area (Å²) in [6, 6.07) is 0. The van der Waals surface area contributed by atoms with Crippen molar-refractivity contribution in [2.45, 2.75) is 90.4 Å². The zero-order valence-electron chi connectivity index (χ0n) is 11.8. The van der Waals surface area contributed by atoms with Crippen LogP contribution in [0.5, 0.6) is 0 Å². The fourth-order valence-corrected chi connectivity index (χ4v) is 2.49. The van der Waals surface area contributed by atoms with E-state index in [4.69, 9.17) is 0 Å². The van der Waals surface area contributed by atoms with E-state index in [-0.39, 0.29) is 0 Å². The predicted octanol–water partition coefficient (Wildman–Crippen LogP) is 5.98. The van der Waals surface area contributed by atoms with Crippen molar-refractivity contribution in [1.82, 2.24) is 4.34 Å². The Bertz CT molecular complexity index is 114. The summed E-state index contributed by atoms with van der Waals surface area (Å²) in [7, 11) is 0. The minimum Gasteiger partial charge on any atom is -0.256 e. The van der Waals surface area contributed by atoms with Gasteiger partial charge in [0.25, 0.3) is 0 Å². The number of unbranched alkanes of at least 4 members (excludes halogenated alkanes) is 12. The molecule has 1 N–H and O–H groups in total. The molecule has 0 spiro atoms. The quantitative estimate of drug-likeness (QED) is 0.307. The molecule has 0 aliphatic rings. The first-order valence-electron chi connectivity index (χ1n) is 7.75. The Hall–Kier alpha value is 0.440. The molecule has 1 nitrogen and oxygen atoms in total. The predicted molar refractivity (Wildman–Crippen MR) is 82.6 cm³/mol. The lowest BCUT2D eigenvalue weighted by Gasteiger charge is -2.02. The van der Waals surface area contributed by atoms with Crippen molar-refractivity contribution in [3.05, 3.63) is 0 Å². The smallest absolute Gasteiger partial charge is 0.00875 e. The van der Waals surface area contributed by atoms with Gasteiger partial charge >= 0.3 is 0 Å². The van der Waals surface area contributed by atoms with Crippen molar-refractivity contribution in [2.75, 3.05) is 6.54 Å². The molecule has 0 radical (unpaired) electrons. The largest absolute Gasteiger partial charge is 0.256 e. The van der Waals surface area contributed by atoms with Crippen LogP contribution >= 0.6 is 16.1 Å². The molecule has 0 fully saturated rings. The molecule has 0 amide bonds. The van der Waals surface area contributed by atoms with Gasteiger partial charge in [0.15, 0.2) is 0 Å². The van der Waals surface area contributed by atoms with Crippen LogP contribution in [0.2, 0.25) is 0 Å². The molecule has 0 unspecified atom stereocenters. The maximum Gasteiger partial charge on any atom is 0.00875 e. The third-order valence-corrected chi connectivity index (χ3v) is 3.77. The summed E-state index contributed by atoms with van der Waals surface area (Å²) in [6.45, 7) is 3.39. The van der Waals surface area contributed by atoms with Crippen molar-refractivity contribution >= 4 is 16.1 Å². The molecule has 0 aromatic rings. The Morgan fingerprint density at radius 2 is 0.941 bits per heavy atom. The SMILES string of the molecule is CCCCCCCCCCCCCCCNBr. The Morgan fingerprint density at radius 3 is 1.29 bits per heavy atom. The van der Waals surface area contributed by atoms with Crippen LogP contribution in [0.4, 0.5) is 0 Å². The topological polar surface area (TPSA) is 12.0 Å². The molecular formula is C15H32BrN. The number of halogens is 1. The van der Waals surface area contributed by atoms with Gasteiger partial charge in [-0.05, 0) is 6.42 Å². The van der Waals surface area contributed by atoms with E-state index in [0.717, 1.165) is 6.54 Å². The summed E-state index contributed by atoms with van der Waals surface area (Å²) >= 11 is 3.23. The molecule has 0 aromatic carbocycles. The van der Waals surface area contributed by atoms with Crippen molar-refractivity contribution in [1.29, 1.82) is 0 Å². The van der Waals surface area contributed by atoms with E-state index in [1.807, 2.05) is 0 Å². The molecule has 17 heavy (non-hydrogen) atoms. The number of hydrogen-bond donors (Lipinski definition) is 1. The average Bonchev–Trinajstić information content (AvgIpc) is 2.35. The van der Waals surface area contributed by atoms with Crippen LogP contribution in [0.25, 0.3) is 0 Å². The van der Waals surface area contributed by atoms with Gasteiger partial charge in [-0.3, -0.25) is 4.34 Å². The molecule has 0 aliphatic heterocycles. The van der Waals surface area contributed by atoms with Gasteiger partial charge in [-0.15, -0.1) is 0 Å². The van der Waals surface area contributed by atoms with Gasteiger partial charge in [0.2, 0.25) is 0 Å². The van der Waals surface area contributed by atoms with Gasteiger partial charge < -0.3 is 0 Å². The van der Waals surface area contributed by atoms with Crippen LogP contribution in [-0.2, 0) is 0 Å². The average molecular weight is 306 g/mol. The van der Waals surface area contributed by atoms with E-state index in [9.17, 15) is 0 Å². The fourth-order valence-electron chi connectivity index (χ4n) is 2.21. The van der Waals surface area contributed by atoms with E-state index in [2.05, 4.69) is 27.4 Å². The van der Waals surface area contributed by atoms with Crippen molar-refractivity contribution in [3.8, 4) is 0 Å². The van der Waals surface area contributed by atoms with Gasteiger partial charge in [-0.1, -0.05) is 84.0 Å². The molecule has 0 aliphatic carbocycles. The molecule has 0 aromatic heterocycles. The van der Waals surface area contributed by atoms with E-state index in [0.29, 0.717) is 0 Å². The van der Waals surface area contributed by atoms with E-state index in [1.54, 1.807) is 0 Å². The molecule has 0 bridgehead atoms. The molecule has 104 valence electrons. The molecule has 0 rings (SSSR count). The maximum atomic E-state index is 3.23. The third kappa shape index (κ3) is 16.4. The van der Waals surface area contributed by atoms with Crippen molar-refractivity contribution in [2.24, 2.45) is 0 Å². The van der Waals surface area contributed by atoms with Crippen LogP contribution in [0.15, 0.2) is 0 Å². The summed E-state index contributed by atoms with van der Waals surface area (Å²) in [5, 5.41) is 0. The molecule has 0 atom stereocenters. The summed E-state index contributed by atoms with van der Waals surface area (Å²) in [5.74, 6) is 0. The van der Waals surface area contributed by atoms with Gasteiger partial charge in [-0.25, -0.2) is 0 Å². The second kappa shape index (κ2) is 16.4. The Kier molecular flexibility index (Phi) is 16.9. The van der Waals surface area contributed by atoms with Crippen LogP contribution in [0.3, 0.4) is 0 Å². The lowest BCUT2D eigenvalue weighted by Crippen LogP contribution is -1.98. The highest BCUT2D eigenvalue weighted by Crippen LogP contribution is 2.12. The lowest BCUT2D eigenvalue weighted by molar-refractivity contribution is 0.539. The minimum absolute atomic E-state index is 1.11. The minimum atomic E-state index is 1.11. The second-order valence-corrected chi connectivity index (χ2v) is 5.69. The molecule has 2 heteroatoms. The summed E-state index contributed by atoms with van der Waals surface area (Å²) in [5.41, 5.74) is 0. The first kappa shape index (κ1) is 17.4. The lowest BCUT2D eigenvalue weighted by atomic mass is 10.0. The highest BCUT2D eigenvalue weighted by molar-refractivity contribution is 9.08. The monoisotopic (exact) mass is 305 g/mol. The van der Waals surface area contributed by atoms with Crippen LogP contribution < -0.4 is 4.34 Å². The standard InChI is InChI=1S/C15H32BrN/c1-2-3-4-5-6-7-8-9-10-11-12-13-14-15-17-16/h17H,2-15H2,1H3. The number of rotatable bonds is 14. The normalized spacial score (nSPS) is 10.9. The van der Waals surface area contributed by atoms with Crippen LogP contribution in [0.1, 0.15) is 90.4 Å². The van der Waals surface area contributed by atoms with Gasteiger partial charge in [0, 0.05) is 22.7 Å². The second-order valence-electron chi connectivity index (χ2n) is 5.13. The Labute approximate surface area is 117 Å². The highest BCUT2D eigenvalue weighted by atomic mass is 79.9. The molecule has 0 heterocycles. The third-order valence-electron chi connectivity index (χ3n) is 3.37. The molecular weight excluding hydrogens is 274 g/mol. The summed E-state index contributed by atoms with van der Waals surface area (Å²) in [6.07, 6.45) is 18.6. The van der Waals surface area contributed by atoms with Gasteiger partial charge in [0.05, 0.1) is 0 Å². The zero-order chi connectivity index (χ0) is 12.6. The number of hydrogen-bond acceptors (Lipinski definition) is 1. The van der Waals surface area contributed by atoms with Crippen LogP contribution in [0, 0.1) is 0 Å². The van der Waals surface area contributed by atoms with Crippen molar-refractivity contribution < 1.29 is 0 Å². The first-order valence-corrected chi connectivity index (χ1v) is 8.54. The first-order chi connectivity index (χ1) is 8.41. The Balaban J connectivity index is 2.85. The van der Waals surface area contributed by atoms with E-state index < -0.39 is 0 Å². The van der Waals surface area contributed by atoms with E-state index >= 15 is 0 Å². The Morgan fingerprint density at radius 1 is 0.588 bits per heavy atom. The fraction of sp³-hybridized carbons (Fsp3) is 1.00. The van der Waals surface area contributed by atoms with Gasteiger partial charge in [-0.2, -0.15) is 0 Å². The molecule has 0 saturated carbocycles. The maximum absolute atomic E-state index is 3.23. The number of nitrogens with one attached hydrogen (secondary N) is 1.